The van der Waals surface area contributed by atoms with E-state index in [2.05, 4.69) is 43.4 Å². The van der Waals surface area contributed by atoms with Crippen molar-refractivity contribution in [2.24, 2.45) is 0 Å². The van der Waals surface area contributed by atoms with E-state index < -0.39 is 0 Å². The van der Waals surface area contributed by atoms with Crippen LogP contribution in [0, 0.1) is 11.3 Å². The number of rotatable bonds is 3. The number of aromatic nitrogens is 2. The fourth-order valence-corrected chi connectivity index (χ4v) is 4.11. The first-order chi connectivity index (χ1) is 13.1. The number of carbonyl (C=O) groups excluding carboxylic acids is 1. The van der Waals surface area contributed by atoms with Gasteiger partial charge in [-0.1, -0.05) is 6.58 Å². The number of furan rings is 1. The molecule has 0 bridgehead atoms. The van der Waals surface area contributed by atoms with Crippen molar-refractivity contribution in [2.75, 3.05) is 24.5 Å². The molecule has 1 saturated heterocycles. The Labute approximate surface area is 164 Å². The predicted molar refractivity (Wildman–Crippen MR) is 105 cm³/mol. The van der Waals surface area contributed by atoms with Gasteiger partial charge in [0.05, 0.1) is 35.7 Å². The highest BCUT2D eigenvalue weighted by Gasteiger charge is 2.31. The van der Waals surface area contributed by atoms with Crippen molar-refractivity contribution in [3.8, 4) is 6.07 Å². The Kier molecular flexibility index (Phi) is 4.54. The zero-order valence-corrected chi connectivity index (χ0v) is 16.0. The summed E-state index contributed by atoms with van der Waals surface area (Å²) >= 11 is 3.56. The van der Waals surface area contributed by atoms with E-state index in [4.69, 9.17) is 4.42 Å². The first-order valence-electron chi connectivity index (χ1n) is 8.49. The molecule has 1 amide bonds. The topological polar surface area (TPSA) is 86.3 Å². The molecule has 1 aliphatic rings. The minimum absolute atomic E-state index is 0.153. The Morgan fingerprint density at radius 3 is 3.11 bits per heavy atom. The number of fused-ring (bicyclic) bond motifs is 3. The number of hydrogen-bond donors (Lipinski definition) is 0. The molecule has 7 nitrogen and oxygen atoms in total. The lowest BCUT2D eigenvalue weighted by Crippen LogP contribution is -2.55. The SMILES string of the molecule is C=CC(=O)N1CCN(c2ncnc3cc(Br)c4ccoc4c23)C[C@@H]1CC#N. The van der Waals surface area contributed by atoms with Crippen LogP contribution >= 0.6 is 15.9 Å². The Morgan fingerprint density at radius 2 is 2.33 bits per heavy atom. The Hall–Kier alpha value is -2.92. The van der Waals surface area contributed by atoms with Crippen LogP contribution < -0.4 is 4.90 Å². The Balaban J connectivity index is 1.79. The fourth-order valence-electron chi connectivity index (χ4n) is 3.58. The van der Waals surface area contributed by atoms with Gasteiger partial charge in [-0.25, -0.2) is 9.97 Å². The molecule has 0 aliphatic carbocycles. The lowest BCUT2D eigenvalue weighted by atomic mass is 10.1. The molecular formula is C19H16BrN5O2. The third-order valence-corrected chi connectivity index (χ3v) is 5.49. The minimum atomic E-state index is -0.221. The summed E-state index contributed by atoms with van der Waals surface area (Å²) in [7, 11) is 0. The van der Waals surface area contributed by atoms with E-state index >= 15 is 0 Å². The monoisotopic (exact) mass is 425 g/mol. The summed E-state index contributed by atoms with van der Waals surface area (Å²) in [5.74, 6) is 0.598. The van der Waals surface area contributed by atoms with E-state index in [1.807, 2.05) is 12.1 Å². The zero-order chi connectivity index (χ0) is 19.0. The summed E-state index contributed by atoms with van der Waals surface area (Å²) in [5, 5.41) is 11.0. The number of nitrogens with zero attached hydrogens (tertiary/aromatic N) is 5. The van der Waals surface area contributed by atoms with Gasteiger partial charge < -0.3 is 14.2 Å². The van der Waals surface area contributed by atoms with E-state index in [0.717, 1.165) is 32.2 Å². The van der Waals surface area contributed by atoms with Crippen LogP contribution in [-0.4, -0.2) is 46.5 Å². The number of halogens is 1. The molecule has 1 atom stereocenters. The molecule has 136 valence electrons. The molecule has 1 aromatic carbocycles. The van der Waals surface area contributed by atoms with Gasteiger partial charge in [-0.2, -0.15) is 5.26 Å². The lowest BCUT2D eigenvalue weighted by Gasteiger charge is -2.41. The van der Waals surface area contributed by atoms with Crippen molar-refractivity contribution >= 4 is 49.5 Å². The second-order valence-corrected chi connectivity index (χ2v) is 7.17. The predicted octanol–water partition coefficient (Wildman–Crippen LogP) is 3.26. The van der Waals surface area contributed by atoms with Crippen LogP contribution in [0.4, 0.5) is 5.82 Å². The maximum Gasteiger partial charge on any atom is 0.246 e. The molecule has 0 unspecified atom stereocenters. The van der Waals surface area contributed by atoms with Crippen LogP contribution in [0.2, 0.25) is 0 Å². The molecular weight excluding hydrogens is 410 g/mol. The number of nitriles is 1. The average molecular weight is 426 g/mol. The van der Waals surface area contributed by atoms with Crippen molar-refractivity contribution in [3.63, 3.8) is 0 Å². The van der Waals surface area contributed by atoms with Crippen LogP contribution in [0.5, 0.6) is 0 Å². The van der Waals surface area contributed by atoms with Gasteiger partial charge in [0.1, 0.15) is 17.7 Å². The summed E-state index contributed by atoms with van der Waals surface area (Å²) in [4.78, 5) is 24.8. The molecule has 0 saturated carbocycles. The molecule has 3 heterocycles. The molecule has 0 spiro atoms. The summed E-state index contributed by atoms with van der Waals surface area (Å²) in [6.07, 6.45) is 4.72. The van der Waals surface area contributed by atoms with Gasteiger partial charge in [0.25, 0.3) is 0 Å². The maximum absolute atomic E-state index is 12.1. The van der Waals surface area contributed by atoms with Gasteiger partial charge in [0, 0.05) is 29.5 Å². The number of carbonyl (C=O) groups is 1. The summed E-state index contributed by atoms with van der Waals surface area (Å²) in [5.41, 5.74) is 1.49. The van der Waals surface area contributed by atoms with Gasteiger partial charge in [0.15, 0.2) is 0 Å². The first kappa shape index (κ1) is 17.5. The highest BCUT2D eigenvalue weighted by molar-refractivity contribution is 9.10. The number of amides is 1. The van der Waals surface area contributed by atoms with Crippen LogP contribution in [0.1, 0.15) is 6.42 Å². The zero-order valence-electron chi connectivity index (χ0n) is 14.4. The normalized spacial score (nSPS) is 17.3. The quantitative estimate of drug-likeness (QED) is 0.598. The summed E-state index contributed by atoms with van der Waals surface area (Å²) in [6, 6.07) is 5.80. The third-order valence-electron chi connectivity index (χ3n) is 4.84. The van der Waals surface area contributed by atoms with Crippen LogP contribution in [-0.2, 0) is 4.79 Å². The summed E-state index contributed by atoms with van der Waals surface area (Å²) < 4.78 is 6.64. The van der Waals surface area contributed by atoms with Crippen LogP contribution in [0.25, 0.3) is 21.9 Å². The van der Waals surface area contributed by atoms with Crippen molar-refractivity contribution in [1.29, 1.82) is 5.26 Å². The third kappa shape index (κ3) is 2.94. The van der Waals surface area contributed by atoms with E-state index in [1.165, 1.54) is 12.4 Å². The molecule has 1 aliphatic heterocycles. The molecule has 3 aromatic rings. The van der Waals surface area contributed by atoms with Crippen LogP contribution in [0.15, 0.2) is 46.3 Å². The smallest absolute Gasteiger partial charge is 0.246 e. The molecule has 0 N–H and O–H groups in total. The second-order valence-electron chi connectivity index (χ2n) is 6.31. The molecule has 27 heavy (non-hydrogen) atoms. The number of benzene rings is 1. The van der Waals surface area contributed by atoms with Gasteiger partial charge in [-0.05, 0) is 34.1 Å². The van der Waals surface area contributed by atoms with Crippen molar-refractivity contribution < 1.29 is 9.21 Å². The number of hydrogen-bond acceptors (Lipinski definition) is 6. The van der Waals surface area contributed by atoms with E-state index in [9.17, 15) is 10.1 Å². The minimum Gasteiger partial charge on any atom is -0.463 e. The molecule has 0 radical (unpaired) electrons. The molecule has 4 rings (SSSR count). The van der Waals surface area contributed by atoms with E-state index in [1.54, 1.807) is 11.2 Å². The lowest BCUT2D eigenvalue weighted by molar-refractivity contribution is -0.128. The number of anilines is 1. The van der Waals surface area contributed by atoms with E-state index in [0.29, 0.717) is 19.6 Å². The number of piperazine rings is 1. The largest absolute Gasteiger partial charge is 0.463 e. The average Bonchev–Trinajstić information content (AvgIpc) is 3.18. The standard InChI is InChI=1S/C19H16BrN5O2/c1-2-16(26)25-7-6-24(10-12(25)3-5-21)19-17-15(22-11-23-19)9-14(20)13-4-8-27-18(13)17/h2,4,8-9,11-12H,1,3,6-7,10H2/t12-/m0/s1. The van der Waals surface area contributed by atoms with Gasteiger partial charge in [-0.15, -0.1) is 0 Å². The van der Waals surface area contributed by atoms with E-state index in [-0.39, 0.29) is 18.4 Å². The maximum atomic E-state index is 12.1. The highest BCUT2D eigenvalue weighted by Crippen LogP contribution is 2.36. The van der Waals surface area contributed by atoms with Gasteiger partial charge >= 0.3 is 0 Å². The highest BCUT2D eigenvalue weighted by atomic mass is 79.9. The second kappa shape index (κ2) is 7.00. The molecule has 1 fully saturated rings. The van der Waals surface area contributed by atoms with Crippen molar-refractivity contribution in [1.82, 2.24) is 14.9 Å². The van der Waals surface area contributed by atoms with Crippen molar-refractivity contribution in [3.05, 3.63) is 41.9 Å². The Morgan fingerprint density at radius 1 is 1.48 bits per heavy atom. The fraction of sp³-hybridized carbons (Fsp3) is 0.263. The summed E-state index contributed by atoms with van der Waals surface area (Å²) in [6.45, 7) is 5.17. The molecule has 2 aromatic heterocycles. The van der Waals surface area contributed by atoms with Crippen LogP contribution in [0.3, 0.4) is 0 Å². The Bertz CT molecular complexity index is 1090. The van der Waals surface area contributed by atoms with Crippen molar-refractivity contribution in [2.45, 2.75) is 12.5 Å². The van der Waals surface area contributed by atoms with Gasteiger partial charge in [0.2, 0.25) is 5.91 Å². The molecule has 8 heteroatoms. The first-order valence-corrected chi connectivity index (χ1v) is 9.28. The van der Waals surface area contributed by atoms with Gasteiger partial charge in [-0.3, -0.25) is 4.79 Å².